The number of hydrogen-bond donors (Lipinski definition) is 5. The Hall–Kier alpha value is -3.21. The van der Waals surface area contributed by atoms with Crippen LogP contribution in [-0.4, -0.2) is 50.6 Å². The molecule has 1 atom stereocenters. The van der Waals surface area contributed by atoms with Crippen LogP contribution in [0.1, 0.15) is 24.4 Å². The number of rotatable bonds is 5. The minimum Gasteiger partial charge on any atom is -0.356 e. The lowest BCUT2D eigenvalue weighted by atomic mass is 9.87. The molecular weight excluding hydrogens is 422 g/mol. The molecule has 31 heavy (non-hydrogen) atoms. The van der Waals surface area contributed by atoms with Crippen LogP contribution in [-0.2, 0) is 9.59 Å². The molecule has 0 spiro atoms. The maximum absolute atomic E-state index is 13.0. The molecular formula is C20H24ClN7O3. The van der Waals surface area contributed by atoms with E-state index in [0.717, 1.165) is 16.9 Å². The van der Waals surface area contributed by atoms with Crippen LogP contribution in [0, 0.1) is 0 Å². The first-order valence-corrected chi connectivity index (χ1v) is 9.63. The number of carbonyl (C=O) groups excluding carboxylic acids is 2. The number of aromatic nitrogens is 3. The molecule has 6 N–H and O–H groups in total. The second-order valence-corrected chi connectivity index (χ2v) is 7.37. The van der Waals surface area contributed by atoms with Gasteiger partial charge in [0.05, 0.1) is 10.9 Å². The number of benzene rings is 1. The summed E-state index contributed by atoms with van der Waals surface area (Å²) < 4.78 is 0. The number of amides is 2. The number of H-pyrrole nitrogens is 1. The van der Waals surface area contributed by atoms with E-state index in [4.69, 9.17) is 10.9 Å². The van der Waals surface area contributed by atoms with Gasteiger partial charge in [0.25, 0.3) is 5.91 Å². The van der Waals surface area contributed by atoms with E-state index in [9.17, 15) is 9.59 Å². The van der Waals surface area contributed by atoms with E-state index in [1.165, 1.54) is 6.33 Å². The highest BCUT2D eigenvalue weighted by Crippen LogP contribution is 2.28. The van der Waals surface area contributed by atoms with E-state index in [1.54, 1.807) is 35.8 Å². The van der Waals surface area contributed by atoms with Crippen molar-refractivity contribution in [1.82, 2.24) is 25.7 Å². The number of halogens is 1. The first-order chi connectivity index (χ1) is 14.5. The van der Waals surface area contributed by atoms with Crippen molar-refractivity contribution in [1.29, 1.82) is 0 Å². The number of carbonyl (C=O) groups is 2. The smallest absolute Gasteiger partial charge is 0.270 e. The molecule has 1 aliphatic heterocycles. The van der Waals surface area contributed by atoms with Crippen molar-refractivity contribution in [3.63, 3.8) is 0 Å². The van der Waals surface area contributed by atoms with Gasteiger partial charge in [0.2, 0.25) is 5.91 Å². The van der Waals surface area contributed by atoms with Crippen LogP contribution in [0.4, 0.5) is 5.82 Å². The molecule has 3 heterocycles. The van der Waals surface area contributed by atoms with Crippen molar-refractivity contribution in [2.45, 2.75) is 24.4 Å². The summed E-state index contributed by atoms with van der Waals surface area (Å²) in [5, 5.41) is 12.7. The third kappa shape index (κ3) is 4.46. The van der Waals surface area contributed by atoms with E-state index in [-0.39, 0.29) is 12.4 Å². The predicted molar refractivity (Wildman–Crippen MR) is 117 cm³/mol. The van der Waals surface area contributed by atoms with Crippen LogP contribution in [0.2, 0.25) is 0 Å². The fourth-order valence-corrected chi connectivity index (χ4v) is 3.74. The minimum absolute atomic E-state index is 0. The summed E-state index contributed by atoms with van der Waals surface area (Å²) in [6.07, 6.45) is 4.08. The van der Waals surface area contributed by atoms with Crippen molar-refractivity contribution in [2.75, 3.05) is 18.0 Å². The lowest BCUT2D eigenvalue weighted by Gasteiger charge is -2.39. The number of hydrogen-bond acceptors (Lipinski definition) is 7. The third-order valence-electron chi connectivity index (χ3n) is 5.52. The Morgan fingerprint density at radius 3 is 2.55 bits per heavy atom. The Kier molecular flexibility index (Phi) is 6.74. The van der Waals surface area contributed by atoms with Gasteiger partial charge in [-0.25, -0.2) is 15.4 Å². The Balaban J connectivity index is 0.00000272. The maximum Gasteiger partial charge on any atom is 0.270 e. The van der Waals surface area contributed by atoms with Crippen LogP contribution in [0.5, 0.6) is 0 Å². The normalized spacial score (nSPS) is 16.3. The van der Waals surface area contributed by atoms with E-state index in [2.05, 4.69) is 25.2 Å². The molecule has 2 amide bonds. The van der Waals surface area contributed by atoms with E-state index < -0.39 is 23.4 Å². The molecule has 10 nitrogen and oxygen atoms in total. The van der Waals surface area contributed by atoms with Crippen LogP contribution in [0.25, 0.3) is 11.0 Å². The Labute approximate surface area is 184 Å². The third-order valence-corrected chi connectivity index (χ3v) is 5.52. The second kappa shape index (κ2) is 9.29. The largest absolute Gasteiger partial charge is 0.356 e. The summed E-state index contributed by atoms with van der Waals surface area (Å²) in [7, 11) is 0. The lowest BCUT2D eigenvalue weighted by molar-refractivity contribution is -0.136. The van der Waals surface area contributed by atoms with Gasteiger partial charge >= 0.3 is 0 Å². The standard InChI is InChI=1S/C20H23N7O3.ClH/c21-20(19(29)25-15(18(28)26-30)13-4-2-1-3-5-13)7-10-27(11-8-20)17-14-6-9-22-16(14)23-12-24-17;/h1-6,9,12,15,30H,7-8,10-11,21H2,(H,25,29)(H,26,28)(H,22,23,24);1H/t15-;/m0./s1. The summed E-state index contributed by atoms with van der Waals surface area (Å²) in [5.74, 6) is -0.369. The molecule has 1 aromatic carbocycles. The molecule has 1 aliphatic rings. The number of nitrogens with zero attached hydrogens (tertiary/aromatic N) is 3. The van der Waals surface area contributed by atoms with E-state index >= 15 is 0 Å². The second-order valence-electron chi connectivity index (χ2n) is 7.37. The number of aromatic amines is 1. The summed E-state index contributed by atoms with van der Waals surface area (Å²) in [4.78, 5) is 38.8. The van der Waals surface area contributed by atoms with Gasteiger partial charge in [0, 0.05) is 19.3 Å². The minimum atomic E-state index is -1.14. The van der Waals surface area contributed by atoms with Crippen molar-refractivity contribution in [3.05, 3.63) is 54.5 Å². The molecule has 0 aliphatic carbocycles. The van der Waals surface area contributed by atoms with E-state index in [1.807, 2.05) is 12.3 Å². The average Bonchev–Trinajstić information content (AvgIpc) is 3.27. The highest BCUT2D eigenvalue weighted by molar-refractivity contribution is 5.93. The van der Waals surface area contributed by atoms with Crippen LogP contribution < -0.4 is 21.4 Å². The van der Waals surface area contributed by atoms with Gasteiger partial charge in [-0.05, 0) is 24.5 Å². The van der Waals surface area contributed by atoms with Gasteiger partial charge in [-0.3, -0.25) is 14.8 Å². The number of nitrogens with one attached hydrogen (secondary N) is 3. The first-order valence-electron chi connectivity index (χ1n) is 9.63. The topological polar surface area (TPSA) is 149 Å². The molecule has 0 bridgehead atoms. The van der Waals surface area contributed by atoms with Gasteiger partial charge in [0.15, 0.2) is 0 Å². The molecule has 2 aromatic heterocycles. The highest BCUT2D eigenvalue weighted by Gasteiger charge is 2.40. The predicted octanol–water partition coefficient (Wildman–Crippen LogP) is 1.04. The Morgan fingerprint density at radius 2 is 1.87 bits per heavy atom. The maximum atomic E-state index is 13.0. The number of piperidine rings is 1. The summed E-state index contributed by atoms with van der Waals surface area (Å²) >= 11 is 0. The fourth-order valence-electron chi connectivity index (χ4n) is 3.74. The molecule has 0 radical (unpaired) electrons. The van der Waals surface area contributed by atoms with Gasteiger partial charge in [-0.1, -0.05) is 30.3 Å². The number of anilines is 1. The van der Waals surface area contributed by atoms with Gasteiger partial charge in [-0.15, -0.1) is 12.4 Å². The van der Waals surface area contributed by atoms with Gasteiger partial charge in [0.1, 0.15) is 23.8 Å². The average molecular weight is 446 g/mol. The fraction of sp³-hybridized carbons (Fsp3) is 0.300. The Morgan fingerprint density at radius 1 is 1.16 bits per heavy atom. The summed E-state index contributed by atoms with van der Waals surface area (Å²) in [5.41, 5.74) is 8.21. The van der Waals surface area contributed by atoms with Gasteiger partial charge < -0.3 is 20.9 Å². The SMILES string of the molecule is Cl.NC1(C(=O)N[C@H](C(=O)NO)c2ccccc2)CCN(c2ncnc3[nH]ccc23)CC1. The monoisotopic (exact) mass is 445 g/mol. The van der Waals surface area contributed by atoms with Crippen molar-refractivity contribution >= 4 is 41.1 Å². The molecule has 3 aromatic rings. The number of hydroxylamine groups is 1. The molecule has 0 unspecified atom stereocenters. The molecule has 11 heteroatoms. The Bertz CT molecular complexity index is 1050. The zero-order chi connectivity index (χ0) is 21.1. The number of nitrogens with two attached hydrogens (primary N) is 1. The first kappa shape index (κ1) is 22.5. The molecule has 1 fully saturated rings. The zero-order valence-electron chi connectivity index (χ0n) is 16.6. The van der Waals surface area contributed by atoms with Crippen molar-refractivity contribution < 1.29 is 14.8 Å². The molecule has 164 valence electrons. The van der Waals surface area contributed by atoms with Crippen molar-refractivity contribution in [3.8, 4) is 0 Å². The summed E-state index contributed by atoms with van der Waals surface area (Å²) in [6, 6.07) is 9.57. The zero-order valence-corrected chi connectivity index (χ0v) is 17.4. The van der Waals surface area contributed by atoms with Crippen LogP contribution in [0.15, 0.2) is 48.9 Å². The molecule has 4 rings (SSSR count). The van der Waals surface area contributed by atoms with E-state index in [0.29, 0.717) is 31.5 Å². The van der Waals surface area contributed by atoms with Crippen LogP contribution >= 0.6 is 12.4 Å². The molecule has 1 saturated heterocycles. The quantitative estimate of drug-likeness (QED) is 0.291. The van der Waals surface area contributed by atoms with Crippen molar-refractivity contribution in [2.24, 2.45) is 5.73 Å². The molecule has 0 saturated carbocycles. The van der Waals surface area contributed by atoms with Gasteiger partial charge in [-0.2, -0.15) is 0 Å². The number of fused-ring (bicyclic) bond motifs is 1. The summed E-state index contributed by atoms with van der Waals surface area (Å²) in [6.45, 7) is 1.06. The lowest BCUT2D eigenvalue weighted by Crippen LogP contribution is -2.61. The highest BCUT2D eigenvalue weighted by atomic mass is 35.5. The van der Waals surface area contributed by atoms with Crippen LogP contribution in [0.3, 0.4) is 0 Å².